The third kappa shape index (κ3) is 5.87. The van der Waals surface area contributed by atoms with Crippen LogP contribution in [0, 0.1) is 10.8 Å². The predicted octanol–water partition coefficient (Wildman–Crippen LogP) is 3.18. The fraction of sp³-hybridized carbons (Fsp3) is 0.333. The van der Waals surface area contributed by atoms with Crippen molar-refractivity contribution < 1.29 is 24.2 Å². The quantitative estimate of drug-likeness (QED) is 0.389. The van der Waals surface area contributed by atoms with Gasteiger partial charge < -0.3 is 25.2 Å². The molecule has 11 heteroatoms. The summed E-state index contributed by atoms with van der Waals surface area (Å²) < 4.78 is 10.8. The lowest BCUT2D eigenvalue weighted by molar-refractivity contribution is 0.0728. The summed E-state index contributed by atoms with van der Waals surface area (Å²) in [6, 6.07) is 13.2. The van der Waals surface area contributed by atoms with Gasteiger partial charge in [0.25, 0.3) is 0 Å². The molecule has 2 aromatic rings. The summed E-state index contributed by atoms with van der Waals surface area (Å²) in [6.07, 6.45) is 0. The molecule has 1 unspecified atom stereocenters. The molecule has 188 valence electrons. The summed E-state index contributed by atoms with van der Waals surface area (Å²) >= 11 is 0. The zero-order valence-electron chi connectivity index (χ0n) is 20.5. The number of para-hydroxylation sites is 4. The summed E-state index contributed by atoms with van der Waals surface area (Å²) in [6.45, 7) is 5.48. The van der Waals surface area contributed by atoms with Gasteiger partial charge in [0, 0.05) is 14.1 Å². The van der Waals surface area contributed by atoms with Crippen LogP contribution in [0.15, 0.2) is 48.5 Å². The van der Waals surface area contributed by atoms with Crippen LogP contribution >= 0.6 is 0 Å². The Bertz CT molecular complexity index is 1090. The van der Waals surface area contributed by atoms with Crippen molar-refractivity contribution in [2.45, 2.75) is 26.4 Å². The lowest BCUT2D eigenvalue weighted by Crippen LogP contribution is -2.53. The molecule has 35 heavy (non-hydrogen) atoms. The highest BCUT2D eigenvalue weighted by Crippen LogP contribution is 2.33. The zero-order chi connectivity index (χ0) is 26.2. The van der Waals surface area contributed by atoms with Gasteiger partial charge in [0.2, 0.25) is 0 Å². The van der Waals surface area contributed by atoms with Crippen molar-refractivity contribution in [1.82, 2.24) is 10.6 Å². The van der Waals surface area contributed by atoms with Gasteiger partial charge in [-0.05, 0) is 31.2 Å². The van der Waals surface area contributed by atoms with Gasteiger partial charge in [-0.3, -0.25) is 10.8 Å². The summed E-state index contributed by atoms with van der Waals surface area (Å²) in [5, 5.41) is 30.7. The van der Waals surface area contributed by atoms with Crippen LogP contribution in [0.3, 0.4) is 0 Å². The molecule has 0 aromatic heterocycles. The molecule has 4 amide bonds. The van der Waals surface area contributed by atoms with Crippen molar-refractivity contribution in [3.63, 3.8) is 0 Å². The van der Waals surface area contributed by atoms with Crippen LogP contribution in [0.1, 0.15) is 20.8 Å². The molecule has 2 heterocycles. The van der Waals surface area contributed by atoms with E-state index < -0.39 is 11.6 Å². The molecule has 0 fully saturated rings. The minimum Gasteiger partial charge on any atom is -0.488 e. The van der Waals surface area contributed by atoms with E-state index in [4.69, 9.17) is 20.3 Å². The molecule has 2 aliphatic heterocycles. The molecule has 2 aromatic carbocycles. The topological polar surface area (TPSA) is 151 Å². The molecule has 2 aliphatic rings. The Labute approximate surface area is 204 Å². The number of nitrogens with zero attached hydrogens (tertiary/aromatic N) is 2. The van der Waals surface area contributed by atoms with E-state index in [1.165, 1.54) is 25.9 Å². The van der Waals surface area contributed by atoms with E-state index in [0.29, 0.717) is 22.9 Å². The molecule has 4 rings (SSSR count). The number of amides is 4. The van der Waals surface area contributed by atoms with E-state index in [2.05, 4.69) is 10.6 Å². The van der Waals surface area contributed by atoms with Gasteiger partial charge in [-0.2, -0.15) is 0 Å². The number of anilines is 2. The molecule has 0 spiro atoms. The van der Waals surface area contributed by atoms with E-state index >= 15 is 0 Å². The fourth-order valence-electron chi connectivity index (χ4n) is 3.20. The first-order chi connectivity index (χ1) is 16.7. The first kappa shape index (κ1) is 27.1. The van der Waals surface area contributed by atoms with E-state index in [1.807, 2.05) is 19.9 Å². The number of nitrogens with one attached hydrogen (secondary N) is 4. The van der Waals surface area contributed by atoms with Gasteiger partial charge in [0.15, 0.2) is 5.60 Å². The standard InChI is InChI=1S/C12H15N3O3.C10H11N3O2.C2H6/c1-12(17)7-18-9-6-4-3-5-8(9)15(10(12)13)11(16)14-2;1-12-10(14)13-7-4-2-3-5-8(7)15-6-9(13)11;1-2/h3-6,13,17H,7H2,1-2H3,(H,14,16);2-5,11H,6H2,1H3,(H,12,14);1-2H3. The Kier molecular flexibility index (Phi) is 9.18. The number of fused-ring (bicyclic) bond motifs is 2. The first-order valence-electron chi connectivity index (χ1n) is 11.1. The molecule has 0 saturated heterocycles. The number of aliphatic hydroxyl groups is 1. The average Bonchev–Trinajstić information content (AvgIpc) is 2.98. The minimum absolute atomic E-state index is 0.0731. The number of hydrogen-bond acceptors (Lipinski definition) is 7. The predicted molar refractivity (Wildman–Crippen MR) is 135 cm³/mol. The van der Waals surface area contributed by atoms with Crippen molar-refractivity contribution in [3.8, 4) is 11.5 Å². The monoisotopic (exact) mass is 484 g/mol. The second-order valence-corrected chi connectivity index (χ2v) is 7.36. The maximum atomic E-state index is 11.9. The molecule has 0 aliphatic carbocycles. The largest absolute Gasteiger partial charge is 0.488 e. The maximum absolute atomic E-state index is 11.9. The van der Waals surface area contributed by atoms with E-state index in [0.717, 1.165) is 4.90 Å². The van der Waals surface area contributed by atoms with Crippen molar-refractivity contribution >= 4 is 35.1 Å². The highest BCUT2D eigenvalue weighted by atomic mass is 16.5. The molecule has 0 bridgehead atoms. The van der Waals surface area contributed by atoms with Crippen LogP contribution in [0.25, 0.3) is 0 Å². The summed E-state index contributed by atoms with van der Waals surface area (Å²) in [4.78, 5) is 25.9. The molecule has 1 atom stereocenters. The lowest BCUT2D eigenvalue weighted by Gasteiger charge is -2.29. The number of amidine groups is 2. The SMILES string of the molecule is CC.CNC(=O)N1C(=N)C(C)(O)COc2ccccc21.CNC(=O)N1C(=N)COc2ccccc21. The van der Waals surface area contributed by atoms with Crippen molar-refractivity contribution in [2.75, 3.05) is 37.1 Å². The number of hydrogen-bond donors (Lipinski definition) is 5. The number of benzene rings is 2. The number of urea groups is 2. The van der Waals surface area contributed by atoms with Crippen LogP contribution in [-0.4, -0.2) is 61.8 Å². The Morgan fingerprint density at radius 1 is 0.886 bits per heavy atom. The Balaban J connectivity index is 0.000000234. The van der Waals surface area contributed by atoms with Gasteiger partial charge in [0.1, 0.15) is 36.4 Å². The molecular formula is C24H32N6O5. The molecule has 0 radical (unpaired) electrons. The van der Waals surface area contributed by atoms with E-state index in [1.54, 1.807) is 42.5 Å². The summed E-state index contributed by atoms with van der Waals surface area (Å²) in [5.74, 6) is 1.00. The van der Waals surface area contributed by atoms with Crippen LogP contribution in [0.5, 0.6) is 11.5 Å². The highest BCUT2D eigenvalue weighted by Gasteiger charge is 2.39. The summed E-state index contributed by atoms with van der Waals surface area (Å²) in [5.41, 5.74) is -0.473. The Morgan fingerprint density at radius 3 is 1.89 bits per heavy atom. The molecule has 5 N–H and O–H groups in total. The van der Waals surface area contributed by atoms with Gasteiger partial charge >= 0.3 is 12.1 Å². The minimum atomic E-state index is -1.52. The van der Waals surface area contributed by atoms with Gasteiger partial charge in [-0.15, -0.1) is 0 Å². The Hall–Kier alpha value is -4.12. The van der Waals surface area contributed by atoms with Gasteiger partial charge in [-0.25, -0.2) is 19.4 Å². The fourth-order valence-corrected chi connectivity index (χ4v) is 3.20. The normalized spacial score (nSPS) is 18.0. The van der Waals surface area contributed by atoms with Crippen LogP contribution in [0.2, 0.25) is 0 Å². The first-order valence-corrected chi connectivity index (χ1v) is 11.1. The van der Waals surface area contributed by atoms with Crippen LogP contribution in [0.4, 0.5) is 21.0 Å². The molecule has 11 nitrogen and oxygen atoms in total. The summed E-state index contributed by atoms with van der Waals surface area (Å²) in [7, 11) is 3.01. The van der Waals surface area contributed by atoms with Gasteiger partial charge in [-0.1, -0.05) is 38.1 Å². The second kappa shape index (κ2) is 11.8. The molecule has 0 saturated carbocycles. The smallest absolute Gasteiger partial charge is 0.327 e. The van der Waals surface area contributed by atoms with Crippen LogP contribution in [-0.2, 0) is 0 Å². The third-order valence-electron chi connectivity index (χ3n) is 4.92. The zero-order valence-corrected chi connectivity index (χ0v) is 20.5. The highest BCUT2D eigenvalue weighted by molar-refractivity contribution is 6.19. The van der Waals surface area contributed by atoms with E-state index in [-0.39, 0.29) is 30.9 Å². The maximum Gasteiger partial charge on any atom is 0.327 e. The number of carbonyl (C=O) groups excluding carboxylic acids is 2. The Morgan fingerprint density at radius 2 is 1.34 bits per heavy atom. The number of ether oxygens (including phenoxy) is 2. The van der Waals surface area contributed by atoms with Gasteiger partial charge in [0.05, 0.1) is 11.4 Å². The molecular weight excluding hydrogens is 452 g/mol. The van der Waals surface area contributed by atoms with Crippen molar-refractivity contribution in [2.24, 2.45) is 0 Å². The number of carbonyl (C=O) groups is 2. The van der Waals surface area contributed by atoms with Crippen LogP contribution < -0.4 is 29.9 Å². The second-order valence-electron chi connectivity index (χ2n) is 7.36. The average molecular weight is 485 g/mol. The van der Waals surface area contributed by atoms with E-state index in [9.17, 15) is 14.7 Å². The lowest BCUT2D eigenvalue weighted by atomic mass is 10.1. The number of rotatable bonds is 0. The van der Waals surface area contributed by atoms with Crippen molar-refractivity contribution in [1.29, 1.82) is 10.8 Å². The van der Waals surface area contributed by atoms with Crippen molar-refractivity contribution in [3.05, 3.63) is 48.5 Å². The third-order valence-corrected chi connectivity index (χ3v) is 4.92.